The number of hydrogen-bond acceptors (Lipinski definition) is 5. The number of halogens is 1. The molecule has 0 atom stereocenters. The second-order valence-electron chi connectivity index (χ2n) is 6.09. The van der Waals surface area contributed by atoms with Gasteiger partial charge in [-0.05, 0) is 49.4 Å². The van der Waals surface area contributed by atoms with E-state index in [1.165, 1.54) is 6.07 Å². The molecule has 1 aromatic carbocycles. The van der Waals surface area contributed by atoms with Crippen LogP contribution >= 0.6 is 11.6 Å². The average Bonchev–Trinajstić information content (AvgIpc) is 2.63. The van der Waals surface area contributed by atoms with Gasteiger partial charge in [-0.15, -0.1) is 0 Å². The standard InChI is InChI=1S/C20H15ClN4O/c21-17-9-13(10-22)7-8-19(17)26-20-16(12-24)15(11-23)14-5-3-1-2-4-6-18(14)25-20/h7-9H,1-6H2. The van der Waals surface area contributed by atoms with Crippen LogP contribution in [0.3, 0.4) is 0 Å². The van der Waals surface area contributed by atoms with Crippen LogP contribution in [0.25, 0.3) is 0 Å². The minimum Gasteiger partial charge on any atom is -0.436 e. The molecule has 0 saturated carbocycles. The summed E-state index contributed by atoms with van der Waals surface area (Å²) in [5, 5.41) is 28.4. The molecule has 0 radical (unpaired) electrons. The molecule has 2 aromatic rings. The monoisotopic (exact) mass is 362 g/mol. The van der Waals surface area contributed by atoms with E-state index in [9.17, 15) is 10.5 Å². The zero-order valence-corrected chi connectivity index (χ0v) is 14.8. The number of aryl methyl sites for hydroxylation is 1. The van der Waals surface area contributed by atoms with Gasteiger partial charge in [-0.3, -0.25) is 0 Å². The molecule has 1 aromatic heterocycles. The highest BCUT2D eigenvalue weighted by Crippen LogP contribution is 2.34. The zero-order valence-electron chi connectivity index (χ0n) is 14.0. The van der Waals surface area contributed by atoms with E-state index in [1.54, 1.807) is 12.1 Å². The fraction of sp³-hybridized carbons (Fsp3) is 0.300. The molecule has 26 heavy (non-hydrogen) atoms. The number of nitrogens with zero attached hydrogens (tertiary/aromatic N) is 4. The van der Waals surface area contributed by atoms with E-state index >= 15 is 0 Å². The molecular formula is C20H15ClN4O. The van der Waals surface area contributed by atoms with E-state index in [1.807, 2.05) is 6.07 Å². The zero-order chi connectivity index (χ0) is 18.5. The third-order valence-corrected chi connectivity index (χ3v) is 4.73. The van der Waals surface area contributed by atoms with Gasteiger partial charge < -0.3 is 4.74 Å². The minimum absolute atomic E-state index is 0.0926. The number of aromatic nitrogens is 1. The van der Waals surface area contributed by atoms with Gasteiger partial charge in [0.25, 0.3) is 0 Å². The van der Waals surface area contributed by atoms with Crippen LogP contribution < -0.4 is 4.74 Å². The van der Waals surface area contributed by atoms with Crippen LogP contribution in [0.1, 0.15) is 53.6 Å². The summed E-state index contributed by atoms with van der Waals surface area (Å²) in [6.45, 7) is 0. The maximum Gasteiger partial charge on any atom is 0.238 e. The Morgan fingerprint density at radius 2 is 1.65 bits per heavy atom. The Balaban J connectivity index is 2.10. The smallest absolute Gasteiger partial charge is 0.238 e. The number of hydrogen-bond donors (Lipinski definition) is 0. The molecule has 0 bridgehead atoms. The lowest BCUT2D eigenvalue weighted by Gasteiger charge is -2.17. The van der Waals surface area contributed by atoms with E-state index in [2.05, 4.69) is 17.1 Å². The van der Waals surface area contributed by atoms with Crippen molar-refractivity contribution >= 4 is 11.6 Å². The van der Waals surface area contributed by atoms with Crippen LogP contribution in [-0.2, 0) is 12.8 Å². The molecule has 6 heteroatoms. The van der Waals surface area contributed by atoms with Crippen molar-refractivity contribution in [3.05, 3.63) is 51.2 Å². The molecule has 1 heterocycles. The number of nitriles is 3. The van der Waals surface area contributed by atoms with Gasteiger partial charge in [0.1, 0.15) is 23.5 Å². The quantitative estimate of drug-likeness (QED) is 0.764. The van der Waals surface area contributed by atoms with E-state index in [4.69, 9.17) is 21.6 Å². The van der Waals surface area contributed by atoms with Gasteiger partial charge in [0.2, 0.25) is 5.88 Å². The molecule has 0 amide bonds. The first-order valence-electron chi connectivity index (χ1n) is 8.41. The van der Waals surface area contributed by atoms with E-state index < -0.39 is 0 Å². The molecule has 0 unspecified atom stereocenters. The van der Waals surface area contributed by atoms with Gasteiger partial charge in [-0.25, -0.2) is 4.98 Å². The molecule has 0 spiro atoms. The Labute approximate surface area is 157 Å². The number of pyridine rings is 1. The molecule has 3 rings (SSSR count). The Morgan fingerprint density at radius 1 is 0.923 bits per heavy atom. The Kier molecular flexibility index (Phi) is 5.37. The molecule has 0 fully saturated rings. The van der Waals surface area contributed by atoms with Crippen LogP contribution in [-0.4, -0.2) is 4.98 Å². The molecule has 0 aliphatic heterocycles. The van der Waals surface area contributed by atoms with E-state index in [0.29, 0.717) is 16.9 Å². The van der Waals surface area contributed by atoms with Crippen molar-refractivity contribution in [3.8, 4) is 29.8 Å². The largest absolute Gasteiger partial charge is 0.436 e. The number of benzene rings is 1. The third kappa shape index (κ3) is 3.47. The first kappa shape index (κ1) is 17.7. The fourth-order valence-corrected chi connectivity index (χ4v) is 3.35. The summed E-state index contributed by atoms with van der Waals surface area (Å²) in [6, 6.07) is 10.8. The molecule has 5 nitrogen and oxygen atoms in total. The van der Waals surface area contributed by atoms with Crippen molar-refractivity contribution in [2.24, 2.45) is 0 Å². The third-order valence-electron chi connectivity index (χ3n) is 4.43. The summed E-state index contributed by atoms with van der Waals surface area (Å²) < 4.78 is 5.79. The second-order valence-corrected chi connectivity index (χ2v) is 6.50. The minimum atomic E-state index is 0.0926. The summed E-state index contributed by atoms with van der Waals surface area (Å²) in [4.78, 5) is 4.55. The summed E-state index contributed by atoms with van der Waals surface area (Å²) >= 11 is 6.17. The van der Waals surface area contributed by atoms with Crippen LogP contribution in [0.4, 0.5) is 0 Å². The lowest BCUT2D eigenvalue weighted by molar-refractivity contribution is 0.456. The highest BCUT2D eigenvalue weighted by atomic mass is 35.5. The second kappa shape index (κ2) is 7.87. The SMILES string of the molecule is N#Cc1ccc(Oc2nc3c(c(C#N)c2C#N)CCCCCC3)c(Cl)c1. The van der Waals surface area contributed by atoms with Crippen LogP contribution in [0.15, 0.2) is 18.2 Å². The van der Waals surface area contributed by atoms with Crippen molar-refractivity contribution in [1.29, 1.82) is 15.8 Å². The predicted molar refractivity (Wildman–Crippen MR) is 95.8 cm³/mol. The highest BCUT2D eigenvalue weighted by Gasteiger charge is 2.22. The van der Waals surface area contributed by atoms with Gasteiger partial charge in [0.05, 0.1) is 22.2 Å². The number of ether oxygens (including phenoxy) is 1. The lowest BCUT2D eigenvalue weighted by atomic mass is 9.92. The van der Waals surface area contributed by atoms with Crippen molar-refractivity contribution in [3.63, 3.8) is 0 Å². The van der Waals surface area contributed by atoms with Crippen molar-refractivity contribution in [2.45, 2.75) is 38.5 Å². The fourth-order valence-electron chi connectivity index (χ4n) is 3.13. The maximum absolute atomic E-state index is 9.63. The molecule has 1 aliphatic carbocycles. The molecular weight excluding hydrogens is 348 g/mol. The van der Waals surface area contributed by atoms with Crippen LogP contribution in [0.5, 0.6) is 11.6 Å². The Bertz CT molecular complexity index is 979. The molecule has 128 valence electrons. The molecule has 1 aliphatic rings. The topological polar surface area (TPSA) is 93.5 Å². The summed E-state index contributed by atoms with van der Waals surface area (Å²) in [5.41, 5.74) is 2.57. The molecule has 0 saturated heterocycles. The Hall–Kier alpha value is -3.07. The van der Waals surface area contributed by atoms with E-state index in [-0.39, 0.29) is 16.5 Å². The van der Waals surface area contributed by atoms with Crippen LogP contribution in [0, 0.1) is 34.0 Å². The van der Waals surface area contributed by atoms with Gasteiger partial charge in [0.15, 0.2) is 0 Å². The van der Waals surface area contributed by atoms with Gasteiger partial charge >= 0.3 is 0 Å². The summed E-state index contributed by atoms with van der Waals surface area (Å²) in [7, 11) is 0. The van der Waals surface area contributed by atoms with Crippen molar-refractivity contribution < 1.29 is 4.74 Å². The van der Waals surface area contributed by atoms with Gasteiger partial charge in [-0.2, -0.15) is 15.8 Å². The predicted octanol–water partition coefficient (Wildman–Crippen LogP) is 4.80. The summed E-state index contributed by atoms with van der Waals surface area (Å²) in [5.74, 6) is 0.388. The maximum atomic E-state index is 9.63. The summed E-state index contributed by atoms with van der Waals surface area (Å²) in [6.07, 6.45) is 5.72. The van der Waals surface area contributed by atoms with Gasteiger partial charge in [-0.1, -0.05) is 24.4 Å². The van der Waals surface area contributed by atoms with E-state index in [0.717, 1.165) is 49.8 Å². The van der Waals surface area contributed by atoms with Crippen molar-refractivity contribution in [1.82, 2.24) is 4.98 Å². The van der Waals surface area contributed by atoms with Crippen LogP contribution in [0.2, 0.25) is 5.02 Å². The molecule has 0 N–H and O–H groups in total. The van der Waals surface area contributed by atoms with Crippen molar-refractivity contribution in [2.75, 3.05) is 0 Å². The lowest BCUT2D eigenvalue weighted by Crippen LogP contribution is -2.09. The normalized spacial score (nSPS) is 13.3. The number of rotatable bonds is 2. The Morgan fingerprint density at radius 3 is 2.31 bits per heavy atom. The highest BCUT2D eigenvalue weighted by molar-refractivity contribution is 6.32. The first-order chi connectivity index (χ1) is 12.7. The average molecular weight is 363 g/mol. The number of fused-ring (bicyclic) bond motifs is 1. The van der Waals surface area contributed by atoms with Gasteiger partial charge in [0, 0.05) is 5.69 Å². The first-order valence-corrected chi connectivity index (χ1v) is 8.79.